The number of furan rings is 1. The van der Waals surface area contributed by atoms with Crippen molar-refractivity contribution in [1.82, 2.24) is 0 Å². The minimum atomic E-state index is -1.63. The molecule has 1 atom stereocenters. The number of rotatable bonds is 7. The molecule has 0 fully saturated rings. The van der Waals surface area contributed by atoms with Gasteiger partial charge in [-0.25, -0.2) is 0 Å². The quantitative estimate of drug-likeness (QED) is 0.530. The fourth-order valence-electron chi connectivity index (χ4n) is 2.08. The number of hydrogen-bond acceptors (Lipinski definition) is 2. The second kappa shape index (κ2) is 6.68. The Labute approximate surface area is 105 Å². The third-order valence-electron chi connectivity index (χ3n) is 3.49. The SMILES string of the molecule is C#CC[C@H](O[Si](CC)(CC)CC)c1ccco1. The van der Waals surface area contributed by atoms with E-state index in [-0.39, 0.29) is 6.10 Å². The topological polar surface area (TPSA) is 22.4 Å². The van der Waals surface area contributed by atoms with Crippen LogP contribution in [0.15, 0.2) is 22.8 Å². The van der Waals surface area contributed by atoms with Crippen LogP contribution in [0.25, 0.3) is 0 Å². The Bertz CT molecular complexity index is 339. The van der Waals surface area contributed by atoms with E-state index in [9.17, 15) is 0 Å². The molecule has 2 nitrogen and oxygen atoms in total. The van der Waals surface area contributed by atoms with Crippen LogP contribution in [0.3, 0.4) is 0 Å². The van der Waals surface area contributed by atoms with Crippen LogP contribution in [0.5, 0.6) is 0 Å². The van der Waals surface area contributed by atoms with Gasteiger partial charge in [-0.05, 0) is 30.3 Å². The lowest BCUT2D eigenvalue weighted by molar-refractivity contribution is 0.167. The molecule has 0 bridgehead atoms. The first-order valence-corrected chi connectivity index (χ1v) is 8.89. The normalized spacial score (nSPS) is 13.3. The maximum Gasteiger partial charge on any atom is 0.193 e. The molecule has 0 N–H and O–H groups in total. The molecule has 94 valence electrons. The van der Waals surface area contributed by atoms with Crippen molar-refractivity contribution in [2.24, 2.45) is 0 Å². The molecule has 0 aliphatic rings. The summed E-state index contributed by atoms with van der Waals surface area (Å²) in [6, 6.07) is 7.21. The molecule has 1 aromatic rings. The van der Waals surface area contributed by atoms with Crippen molar-refractivity contribution in [2.45, 2.75) is 51.4 Å². The zero-order chi connectivity index (χ0) is 12.7. The van der Waals surface area contributed by atoms with Crippen LogP contribution in [0.4, 0.5) is 0 Å². The largest absolute Gasteiger partial charge is 0.467 e. The lowest BCUT2D eigenvalue weighted by atomic mass is 10.2. The molecule has 3 heteroatoms. The summed E-state index contributed by atoms with van der Waals surface area (Å²) in [6.07, 6.45) is 7.62. The highest BCUT2D eigenvalue weighted by molar-refractivity contribution is 6.73. The summed E-state index contributed by atoms with van der Waals surface area (Å²) in [5.74, 6) is 3.54. The molecule has 0 radical (unpaired) electrons. The van der Waals surface area contributed by atoms with Crippen molar-refractivity contribution in [2.75, 3.05) is 0 Å². The molecule has 0 saturated carbocycles. The Hall–Kier alpha value is -0.983. The summed E-state index contributed by atoms with van der Waals surface area (Å²) in [4.78, 5) is 0. The van der Waals surface area contributed by atoms with Crippen LogP contribution in [0, 0.1) is 12.3 Å². The first kappa shape index (κ1) is 14.1. The zero-order valence-corrected chi connectivity index (χ0v) is 12.0. The van der Waals surface area contributed by atoms with Gasteiger partial charge in [0, 0.05) is 6.42 Å². The van der Waals surface area contributed by atoms with E-state index < -0.39 is 8.32 Å². The summed E-state index contributed by atoms with van der Waals surface area (Å²) < 4.78 is 11.8. The van der Waals surface area contributed by atoms with Crippen molar-refractivity contribution in [3.8, 4) is 12.3 Å². The highest BCUT2D eigenvalue weighted by Crippen LogP contribution is 2.31. The van der Waals surface area contributed by atoms with Crippen molar-refractivity contribution in [3.63, 3.8) is 0 Å². The summed E-state index contributed by atoms with van der Waals surface area (Å²) >= 11 is 0. The van der Waals surface area contributed by atoms with E-state index in [1.54, 1.807) is 6.26 Å². The smallest absolute Gasteiger partial charge is 0.193 e. The molecule has 1 heterocycles. The van der Waals surface area contributed by atoms with Crippen molar-refractivity contribution < 1.29 is 8.84 Å². The minimum Gasteiger partial charge on any atom is -0.467 e. The van der Waals surface area contributed by atoms with Gasteiger partial charge < -0.3 is 8.84 Å². The Morgan fingerprint density at radius 3 is 2.41 bits per heavy atom. The first-order valence-electron chi connectivity index (χ1n) is 6.36. The summed E-state index contributed by atoms with van der Waals surface area (Å²) in [7, 11) is -1.63. The van der Waals surface area contributed by atoms with Crippen molar-refractivity contribution in [3.05, 3.63) is 24.2 Å². The van der Waals surface area contributed by atoms with Crippen LogP contribution in [-0.4, -0.2) is 8.32 Å². The van der Waals surface area contributed by atoms with Gasteiger partial charge in [-0.2, -0.15) is 0 Å². The van der Waals surface area contributed by atoms with Crippen molar-refractivity contribution in [1.29, 1.82) is 0 Å². The van der Waals surface area contributed by atoms with Gasteiger partial charge >= 0.3 is 0 Å². The second-order valence-corrected chi connectivity index (χ2v) is 9.00. The Morgan fingerprint density at radius 1 is 1.35 bits per heavy atom. The summed E-state index contributed by atoms with van der Waals surface area (Å²) in [5, 5.41) is 0. The maximum absolute atomic E-state index is 6.37. The number of terminal acetylenes is 1. The van der Waals surface area contributed by atoms with E-state index in [1.165, 1.54) is 0 Å². The highest BCUT2D eigenvalue weighted by Gasteiger charge is 2.33. The van der Waals surface area contributed by atoms with E-state index >= 15 is 0 Å². The predicted octanol–water partition coefficient (Wildman–Crippen LogP) is 4.37. The van der Waals surface area contributed by atoms with Crippen LogP contribution >= 0.6 is 0 Å². The Kier molecular flexibility index (Phi) is 5.53. The molecule has 0 aliphatic carbocycles. The van der Waals surface area contributed by atoms with Crippen LogP contribution in [0.2, 0.25) is 18.1 Å². The van der Waals surface area contributed by atoms with Gasteiger partial charge in [0.2, 0.25) is 0 Å². The van der Waals surface area contributed by atoms with Gasteiger partial charge in [0.15, 0.2) is 8.32 Å². The highest BCUT2D eigenvalue weighted by atomic mass is 28.4. The molecule has 1 aromatic heterocycles. The van der Waals surface area contributed by atoms with E-state index in [0.29, 0.717) is 6.42 Å². The molecular formula is C14H22O2Si. The van der Waals surface area contributed by atoms with Crippen molar-refractivity contribution >= 4 is 8.32 Å². The molecule has 0 amide bonds. The molecular weight excluding hydrogens is 228 g/mol. The van der Waals surface area contributed by atoms with E-state index in [0.717, 1.165) is 23.9 Å². The monoisotopic (exact) mass is 250 g/mol. The van der Waals surface area contributed by atoms with Gasteiger partial charge in [0.1, 0.15) is 11.9 Å². The third-order valence-corrected chi connectivity index (χ3v) is 8.14. The Morgan fingerprint density at radius 2 is 2.00 bits per heavy atom. The van der Waals surface area contributed by atoms with Crippen LogP contribution < -0.4 is 0 Å². The maximum atomic E-state index is 6.37. The third kappa shape index (κ3) is 3.49. The number of hydrogen-bond donors (Lipinski definition) is 0. The molecule has 1 rings (SSSR count). The minimum absolute atomic E-state index is 0.0680. The van der Waals surface area contributed by atoms with Crippen LogP contribution in [0.1, 0.15) is 39.1 Å². The fourth-order valence-corrected chi connectivity index (χ4v) is 4.89. The van der Waals surface area contributed by atoms with Gasteiger partial charge in [0.05, 0.1) is 6.26 Å². The summed E-state index contributed by atoms with van der Waals surface area (Å²) in [5.41, 5.74) is 0. The van der Waals surface area contributed by atoms with Gasteiger partial charge in [0.25, 0.3) is 0 Å². The molecule has 0 spiro atoms. The van der Waals surface area contributed by atoms with Gasteiger partial charge in [-0.1, -0.05) is 20.8 Å². The van der Waals surface area contributed by atoms with Gasteiger partial charge in [-0.15, -0.1) is 12.3 Å². The van der Waals surface area contributed by atoms with E-state index in [2.05, 4.69) is 26.7 Å². The molecule has 0 aliphatic heterocycles. The lowest BCUT2D eigenvalue weighted by Gasteiger charge is -2.31. The average Bonchev–Trinajstić information content (AvgIpc) is 2.89. The Balaban J connectivity index is 2.83. The average molecular weight is 250 g/mol. The van der Waals surface area contributed by atoms with Gasteiger partial charge in [-0.3, -0.25) is 0 Å². The van der Waals surface area contributed by atoms with E-state index in [1.807, 2.05) is 12.1 Å². The van der Waals surface area contributed by atoms with E-state index in [4.69, 9.17) is 15.3 Å². The second-order valence-electron chi connectivity index (χ2n) is 4.27. The summed E-state index contributed by atoms with van der Waals surface area (Å²) in [6.45, 7) is 6.65. The molecule has 0 saturated heterocycles. The molecule has 0 aromatic carbocycles. The lowest BCUT2D eigenvalue weighted by Crippen LogP contribution is -2.37. The fraction of sp³-hybridized carbons (Fsp3) is 0.571. The predicted molar refractivity (Wildman–Crippen MR) is 73.2 cm³/mol. The van der Waals surface area contributed by atoms with Crippen LogP contribution in [-0.2, 0) is 4.43 Å². The standard InChI is InChI=1S/C14H22O2Si/c1-5-10-14(13-11-9-12-15-13)16-17(6-2,7-3)8-4/h1,9,11-12,14H,6-8,10H2,2-4H3/t14-/m0/s1. The molecule has 17 heavy (non-hydrogen) atoms. The first-order chi connectivity index (χ1) is 8.21. The zero-order valence-electron chi connectivity index (χ0n) is 11.0. The molecule has 0 unspecified atom stereocenters.